The van der Waals surface area contributed by atoms with Crippen LogP contribution in [0.1, 0.15) is 5.56 Å². The van der Waals surface area contributed by atoms with Crippen molar-refractivity contribution in [3.8, 4) is 17.1 Å². The van der Waals surface area contributed by atoms with E-state index in [9.17, 15) is 0 Å². The molecule has 0 atom stereocenters. The molecule has 0 bridgehead atoms. The molecule has 0 unspecified atom stereocenters. The van der Waals surface area contributed by atoms with Gasteiger partial charge in [0.25, 0.3) is 0 Å². The quantitative estimate of drug-likeness (QED) is 0.446. The number of aromatic nitrogens is 4. The van der Waals surface area contributed by atoms with Crippen LogP contribution >= 0.6 is 0 Å². The number of allylic oxidation sites excluding steroid dienone is 1. The predicted octanol–water partition coefficient (Wildman–Crippen LogP) is 3.95. The summed E-state index contributed by atoms with van der Waals surface area (Å²) in [5.74, 6) is 0.653. The molecule has 1 saturated heterocycles. The first-order valence-electron chi connectivity index (χ1n) is 11.7. The lowest BCUT2D eigenvalue weighted by Gasteiger charge is -2.29. The molecule has 2 aromatic carbocycles. The topological polar surface area (TPSA) is 71.7 Å². The summed E-state index contributed by atoms with van der Waals surface area (Å²) in [5.41, 5.74) is 6.27. The first-order valence-corrected chi connectivity index (χ1v) is 11.7. The number of hydrogen-bond donors (Lipinski definition) is 0. The van der Waals surface area contributed by atoms with Crippen molar-refractivity contribution < 1.29 is 4.74 Å². The normalized spacial score (nSPS) is 15.8. The molecule has 35 heavy (non-hydrogen) atoms. The number of benzene rings is 2. The highest BCUT2D eigenvalue weighted by Crippen LogP contribution is 2.23. The van der Waals surface area contributed by atoms with Gasteiger partial charge in [-0.3, -0.25) is 9.98 Å². The molecule has 8 nitrogen and oxygen atoms in total. The third-order valence-corrected chi connectivity index (χ3v) is 6.18. The summed E-state index contributed by atoms with van der Waals surface area (Å²) in [6.07, 6.45) is 9.39. The van der Waals surface area contributed by atoms with Gasteiger partial charge in [0.1, 0.15) is 13.0 Å². The van der Waals surface area contributed by atoms with Crippen molar-refractivity contribution in [3.63, 3.8) is 0 Å². The standard InChI is InChI=1S/C27H25N7O/c1-3-21(17-25(5-1)32-13-15-35-16-14-32)26-10-12-33(19-29-26)23-6-8-24(9-7-23)34-20-30-27(31-34)22-4-2-11-28-18-22/h1-12,17-18,20H,13-16,19H2. The Kier molecular flexibility index (Phi) is 5.78. The van der Waals surface area contributed by atoms with E-state index in [2.05, 4.69) is 73.5 Å². The van der Waals surface area contributed by atoms with Gasteiger partial charge in [-0.1, -0.05) is 12.1 Å². The molecule has 174 valence electrons. The van der Waals surface area contributed by atoms with Crippen LogP contribution in [0.5, 0.6) is 0 Å². The second-order valence-electron chi connectivity index (χ2n) is 8.39. The van der Waals surface area contributed by atoms with E-state index in [1.165, 1.54) is 5.69 Å². The number of pyridine rings is 1. The van der Waals surface area contributed by atoms with Crippen LogP contribution in [0.4, 0.5) is 11.4 Å². The summed E-state index contributed by atoms with van der Waals surface area (Å²) in [5, 5.41) is 4.58. The van der Waals surface area contributed by atoms with Crippen LogP contribution in [-0.4, -0.2) is 58.4 Å². The van der Waals surface area contributed by atoms with Crippen LogP contribution in [-0.2, 0) is 4.74 Å². The van der Waals surface area contributed by atoms with Gasteiger partial charge in [0, 0.05) is 54.2 Å². The molecule has 8 heteroatoms. The van der Waals surface area contributed by atoms with Gasteiger partial charge in [-0.05, 0) is 54.6 Å². The Labute approximate surface area is 203 Å². The van der Waals surface area contributed by atoms with Crippen LogP contribution < -0.4 is 9.80 Å². The molecule has 0 spiro atoms. The van der Waals surface area contributed by atoms with Crippen LogP contribution in [0.3, 0.4) is 0 Å². The molecule has 2 aromatic heterocycles. The van der Waals surface area contributed by atoms with Crippen molar-refractivity contribution in [2.24, 2.45) is 4.99 Å². The highest BCUT2D eigenvalue weighted by Gasteiger charge is 2.14. The molecule has 0 N–H and O–H groups in total. The average Bonchev–Trinajstić information content (AvgIpc) is 3.45. The zero-order valence-corrected chi connectivity index (χ0v) is 19.2. The van der Waals surface area contributed by atoms with Gasteiger partial charge in [-0.25, -0.2) is 9.67 Å². The van der Waals surface area contributed by atoms with Crippen molar-refractivity contribution in [3.05, 3.63) is 97.2 Å². The average molecular weight is 464 g/mol. The van der Waals surface area contributed by atoms with Crippen molar-refractivity contribution in [2.75, 3.05) is 42.8 Å². The van der Waals surface area contributed by atoms with Gasteiger partial charge in [-0.2, -0.15) is 0 Å². The van der Waals surface area contributed by atoms with E-state index in [1.54, 1.807) is 23.4 Å². The summed E-state index contributed by atoms with van der Waals surface area (Å²) in [7, 11) is 0. The summed E-state index contributed by atoms with van der Waals surface area (Å²) < 4.78 is 7.25. The fraction of sp³-hybridized carbons (Fsp3) is 0.185. The van der Waals surface area contributed by atoms with Crippen molar-refractivity contribution in [2.45, 2.75) is 0 Å². The molecular weight excluding hydrogens is 438 g/mol. The molecule has 2 aliphatic rings. The first kappa shape index (κ1) is 21.2. The van der Waals surface area contributed by atoms with Crippen molar-refractivity contribution in [1.82, 2.24) is 19.7 Å². The SMILES string of the molecule is C1=CN(c2ccc(-n3cnc(-c4cccnc4)n3)cc2)CN=C1c1cccc(N2CCOCC2)c1. The number of nitrogens with zero attached hydrogens (tertiary/aromatic N) is 7. The molecule has 0 amide bonds. The first-order chi connectivity index (χ1) is 17.3. The minimum Gasteiger partial charge on any atom is -0.378 e. The maximum Gasteiger partial charge on any atom is 0.183 e. The fourth-order valence-corrected chi connectivity index (χ4v) is 4.26. The molecule has 4 heterocycles. The van der Waals surface area contributed by atoms with E-state index in [0.29, 0.717) is 12.5 Å². The molecule has 1 fully saturated rings. The second kappa shape index (κ2) is 9.52. The largest absolute Gasteiger partial charge is 0.378 e. The summed E-state index contributed by atoms with van der Waals surface area (Å²) in [4.78, 5) is 17.9. The van der Waals surface area contributed by atoms with E-state index in [1.807, 2.05) is 24.3 Å². The molecule has 0 aliphatic carbocycles. The number of aliphatic imine (C=N–C) groups is 1. The maximum atomic E-state index is 5.48. The second-order valence-corrected chi connectivity index (χ2v) is 8.39. The van der Waals surface area contributed by atoms with Gasteiger partial charge in [0.2, 0.25) is 0 Å². The predicted molar refractivity (Wildman–Crippen MR) is 137 cm³/mol. The monoisotopic (exact) mass is 463 g/mol. The fourth-order valence-electron chi connectivity index (χ4n) is 4.26. The van der Waals surface area contributed by atoms with Gasteiger partial charge in [-0.15, -0.1) is 5.10 Å². The number of anilines is 2. The van der Waals surface area contributed by atoms with E-state index in [4.69, 9.17) is 9.73 Å². The molecular formula is C27H25N7O. The summed E-state index contributed by atoms with van der Waals surface area (Å²) >= 11 is 0. The third kappa shape index (κ3) is 4.56. The van der Waals surface area contributed by atoms with E-state index in [0.717, 1.165) is 54.5 Å². The Hall–Kier alpha value is -4.30. The lowest BCUT2D eigenvalue weighted by atomic mass is 10.1. The Morgan fingerprint density at radius 2 is 1.66 bits per heavy atom. The lowest BCUT2D eigenvalue weighted by Crippen LogP contribution is -2.36. The van der Waals surface area contributed by atoms with Crippen LogP contribution in [0.25, 0.3) is 17.1 Å². The summed E-state index contributed by atoms with van der Waals surface area (Å²) in [6.45, 7) is 3.98. The van der Waals surface area contributed by atoms with Gasteiger partial charge < -0.3 is 14.5 Å². The lowest BCUT2D eigenvalue weighted by molar-refractivity contribution is 0.122. The maximum absolute atomic E-state index is 5.48. The zero-order valence-electron chi connectivity index (χ0n) is 19.2. The number of morpholine rings is 1. The Morgan fingerprint density at radius 1 is 0.829 bits per heavy atom. The Bertz CT molecular complexity index is 1360. The highest BCUT2D eigenvalue weighted by atomic mass is 16.5. The number of hydrogen-bond acceptors (Lipinski definition) is 7. The Morgan fingerprint density at radius 3 is 2.43 bits per heavy atom. The third-order valence-electron chi connectivity index (χ3n) is 6.18. The molecule has 0 saturated carbocycles. The van der Waals surface area contributed by atoms with Crippen LogP contribution in [0.2, 0.25) is 0 Å². The highest BCUT2D eigenvalue weighted by molar-refractivity contribution is 6.10. The zero-order chi connectivity index (χ0) is 23.5. The number of ether oxygens (including phenoxy) is 1. The van der Waals surface area contributed by atoms with Crippen molar-refractivity contribution >= 4 is 17.1 Å². The minimum absolute atomic E-state index is 0.571. The van der Waals surface area contributed by atoms with Crippen molar-refractivity contribution in [1.29, 1.82) is 0 Å². The molecule has 4 aromatic rings. The van der Waals surface area contributed by atoms with E-state index in [-0.39, 0.29) is 0 Å². The number of rotatable bonds is 5. The summed E-state index contributed by atoms with van der Waals surface area (Å²) in [6, 6.07) is 20.7. The molecule has 2 aliphatic heterocycles. The van der Waals surface area contributed by atoms with E-state index < -0.39 is 0 Å². The smallest absolute Gasteiger partial charge is 0.183 e. The van der Waals surface area contributed by atoms with Crippen LogP contribution in [0.15, 0.2) is 96.7 Å². The molecule has 0 radical (unpaired) electrons. The molecule has 6 rings (SSSR count). The van der Waals surface area contributed by atoms with Gasteiger partial charge in [0.15, 0.2) is 5.82 Å². The minimum atomic E-state index is 0.571. The van der Waals surface area contributed by atoms with Gasteiger partial charge >= 0.3 is 0 Å². The van der Waals surface area contributed by atoms with Crippen LogP contribution in [0, 0.1) is 0 Å². The van der Waals surface area contributed by atoms with Gasteiger partial charge in [0.05, 0.1) is 24.6 Å². The Balaban J connectivity index is 1.14. The van der Waals surface area contributed by atoms with E-state index >= 15 is 0 Å².